The highest BCUT2D eigenvalue weighted by Gasteiger charge is 2.15. The van der Waals surface area contributed by atoms with E-state index in [4.69, 9.17) is 10.5 Å². The van der Waals surface area contributed by atoms with Crippen molar-refractivity contribution < 1.29 is 4.74 Å². The number of benzene rings is 1. The summed E-state index contributed by atoms with van der Waals surface area (Å²) in [5.41, 5.74) is 8.46. The van der Waals surface area contributed by atoms with Crippen LogP contribution in [0, 0.1) is 0 Å². The van der Waals surface area contributed by atoms with Crippen molar-refractivity contribution in [1.82, 2.24) is 4.57 Å². The van der Waals surface area contributed by atoms with E-state index in [0.717, 1.165) is 23.1 Å². The summed E-state index contributed by atoms with van der Waals surface area (Å²) < 4.78 is 7.51. The van der Waals surface area contributed by atoms with Gasteiger partial charge in [0.15, 0.2) is 0 Å². The molecule has 0 unspecified atom stereocenters. The summed E-state index contributed by atoms with van der Waals surface area (Å²) in [5.74, 6) is 0.900. The highest BCUT2D eigenvalue weighted by molar-refractivity contribution is 5.90. The molecule has 0 saturated heterocycles. The highest BCUT2D eigenvalue weighted by Crippen LogP contribution is 2.33. The normalized spacial score (nSPS) is 13.0. The average molecular weight is 218 g/mol. The lowest BCUT2D eigenvalue weighted by Gasteiger charge is -2.09. The number of aryl methyl sites for hydroxylation is 1. The third-order valence-corrected chi connectivity index (χ3v) is 3.06. The molecule has 0 aliphatic carbocycles. The van der Waals surface area contributed by atoms with Gasteiger partial charge in [-0.2, -0.15) is 0 Å². The number of hydrogen-bond acceptors (Lipinski definition) is 2. The second-order valence-corrected chi connectivity index (χ2v) is 4.06. The van der Waals surface area contributed by atoms with Gasteiger partial charge in [-0.25, -0.2) is 0 Å². The first-order chi connectivity index (χ1) is 7.69. The lowest BCUT2D eigenvalue weighted by molar-refractivity contribution is 0.419. The highest BCUT2D eigenvalue weighted by atomic mass is 16.5. The molecule has 3 nitrogen and oxygen atoms in total. The molecule has 0 saturated carbocycles. The Hall–Kier alpha value is -1.48. The zero-order valence-electron chi connectivity index (χ0n) is 10.0. The van der Waals surface area contributed by atoms with E-state index >= 15 is 0 Å². The van der Waals surface area contributed by atoms with Gasteiger partial charge in [0.1, 0.15) is 5.75 Å². The van der Waals surface area contributed by atoms with Crippen molar-refractivity contribution in [2.75, 3.05) is 7.11 Å². The molecular weight excluding hydrogens is 200 g/mol. The fourth-order valence-corrected chi connectivity index (χ4v) is 2.12. The number of aromatic nitrogens is 1. The van der Waals surface area contributed by atoms with Gasteiger partial charge in [-0.3, -0.25) is 0 Å². The molecular formula is C13H18N2O. The predicted octanol–water partition coefficient (Wildman–Crippen LogP) is 2.60. The number of ether oxygens (including phenoxy) is 1. The topological polar surface area (TPSA) is 40.2 Å². The van der Waals surface area contributed by atoms with Crippen LogP contribution in [0.5, 0.6) is 5.75 Å². The molecule has 16 heavy (non-hydrogen) atoms. The molecule has 0 amide bonds. The first kappa shape index (κ1) is 11.0. The lowest BCUT2D eigenvalue weighted by atomic mass is 10.0. The molecule has 0 aliphatic rings. The summed E-state index contributed by atoms with van der Waals surface area (Å²) in [4.78, 5) is 0. The van der Waals surface area contributed by atoms with Gasteiger partial charge < -0.3 is 15.0 Å². The van der Waals surface area contributed by atoms with E-state index in [1.807, 2.05) is 19.2 Å². The zero-order valence-corrected chi connectivity index (χ0v) is 10.0. The molecule has 0 radical (unpaired) electrons. The van der Waals surface area contributed by atoms with E-state index < -0.39 is 0 Å². The van der Waals surface area contributed by atoms with E-state index in [1.54, 1.807) is 7.11 Å². The summed E-state index contributed by atoms with van der Waals surface area (Å²) in [6, 6.07) is 6.14. The van der Waals surface area contributed by atoms with Crippen LogP contribution in [0.2, 0.25) is 0 Å². The van der Waals surface area contributed by atoms with Gasteiger partial charge in [-0.15, -0.1) is 0 Å². The quantitative estimate of drug-likeness (QED) is 0.860. The Balaban J connectivity index is 2.74. The SMILES string of the molecule is CC[C@H](N)c1cn(C)c2cccc(OC)c12. The molecule has 86 valence electrons. The Labute approximate surface area is 95.8 Å². The Morgan fingerprint density at radius 1 is 1.44 bits per heavy atom. The van der Waals surface area contributed by atoms with Crippen LogP contribution in [0.15, 0.2) is 24.4 Å². The second kappa shape index (κ2) is 4.18. The maximum atomic E-state index is 6.13. The maximum Gasteiger partial charge on any atom is 0.128 e. The van der Waals surface area contributed by atoms with E-state index in [9.17, 15) is 0 Å². The van der Waals surface area contributed by atoms with Crippen LogP contribution < -0.4 is 10.5 Å². The van der Waals surface area contributed by atoms with Gasteiger partial charge in [0.2, 0.25) is 0 Å². The molecule has 1 heterocycles. The Bertz CT molecular complexity index is 502. The third kappa shape index (κ3) is 1.57. The molecule has 1 atom stereocenters. The van der Waals surface area contributed by atoms with E-state index in [-0.39, 0.29) is 6.04 Å². The van der Waals surface area contributed by atoms with Crippen LogP contribution in [0.25, 0.3) is 10.9 Å². The fourth-order valence-electron chi connectivity index (χ4n) is 2.12. The van der Waals surface area contributed by atoms with Crippen molar-refractivity contribution in [2.24, 2.45) is 12.8 Å². The van der Waals surface area contributed by atoms with Gasteiger partial charge in [-0.05, 0) is 24.1 Å². The third-order valence-electron chi connectivity index (χ3n) is 3.06. The van der Waals surface area contributed by atoms with Crippen LogP contribution in [-0.4, -0.2) is 11.7 Å². The first-order valence-electron chi connectivity index (χ1n) is 5.56. The van der Waals surface area contributed by atoms with E-state index in [1.165, 1.54) is 5.52 Å². The number of hydrogen-bond donors (Lipinski definition) is 1. The van der Waals surface area contributed by atoms with E-state index in [0.29, 0.717) is 0 Å². The van der Waals surface area contributed by atoms with Crippen molar-refractivity contribution in [1.29, 1.82) is 0 Å². The molecule has 2 rings (SSSR count). The van der Waals surface area contributed by atoms with Gasteiger partial charge in [0.05, 0.1) is 12.6 Å². The Kier molecular flexibility index (Phi) is 2.88. The smallest absolute Gasteiger partial charge is 0.128 e. The minimum atomic E-state index is 0.0694. The molecule has 2 N–H and O–H groups in total. The Morgan fingerprint density at radius 3 is 2.81 bits per heavy atom. The number of fused-ring (bicyclic) bond motifs is 1. The summed E-state index contributed by atoms with van der Waals surface area (Å²) >= 11 is 0. The van der Waals surface area contributed by atoms with Crippen molar-refractivity contribution >= 4 is 10.9 Å². The molecule has 1 aromatic carbocycles. The van der Waals surface area contributed by atoms with Crippen molar-refractivity contribution in [3.8, 4) is 5.75 Å². The summed E-state index contributed by atoms with van der Waals surface area (Å²) in [5, 5.41) is 1.14. The minimum absolute atomic E-state index is 0.0694. The second-order valence-electron chi connectivity index (χ2n) is 4.06. The number of nitrogens with zero attached hydrogens (tertiary/aromatic N) is 1. The molecule has 3 heteroatoms. The van der Waals surface area contributed by atoms with Crippen molar-refractivity contribution in [3.63, 3.8) is 0 Å². The van der Waals surface area contributed by atoms with Crippen LogP contribution >= 0.6 is 0 Å². The molecule has 0 fully saturated rings. The van der Waals surface area contributed by atoms with Crippen LogP contribution in [0.4, 0.5) is 0 Å². The standard InChI is InChI=1S/C13H18N2O/c1-4-10(14)9-8-15(2)11-6-5-7-12(16-3)13(9)11/h5-8,10H,4,14H2,1-3H3/t10-/m0/s1. The number of rotatable bonds is 3. The molecule has 0 spiro atoms. The summed E-state index contributed by atoms with van der Waals surface area (Å²) in [6.07, 6.45) is 3.03. The van der Waals surface area contributed by atoms with Crippen molar-refractivity contribution in [3.05, 3.63) is 30.0 Å². The zero-order chi connectivity index (χ0) is 11.7. The Morgan fingerprint density at radius 2 is 2.19 bits per heavy atom. The predicted molar refractivity (Wildman–Crippen MR) is 66.7 cm³/mol. The molecule has 0 aliphatic heterocycles. The van der Waals surface area contributed by atoms with Crippen molar-refractivity contribution in [2.45, 2.75) is 19.4 Å². The van der Waals surface area contributed by atoms with Gasteiger partial charge in [0.25, 0.3) is 0 Å². The number of methoxy groups -OCH3 is 1. The molecule has 1 aromatic heterocycles. The van der Waals surface area contributed by atoms with E-state index in [2.05, 4.69) is 23.8 Å². The summed E-state index contributed by atoms with van der Waals surface area (Å²) in [7, 11) is 3.73. The average Bonchev–Trinajstić information content (AvgIpc) is 2.66. The van der Waals surface area contributed by atoms with Crippen LogP contribution in [0.3, 0.4) is 0 Å². The van der Waals surface area contributed by atoms with Crippen LogP contribution in [-0.2, 0) is 7.05 Å². The largest absolute Gasteiger partial charge is 0.496 e. The maximum absolute atomic E-state index is 6.13. The summed E-state index contributed by atoms with van der Waals surface area (Å²) in [6.45, 7) is 2.10. The van der Waals surface area contributed by atoms with Gasteiger partial charge in [-0.1, -0.05) is 13.0 Å². The first-order valence-corrected chi connectivity index (χ1v) is 5.56. The fraction of sp³-hybridized carbons (Fsp3) is 0.385. The van der Waals surface area contributed by atoms with Gasteiger partial charge >= 0.3 is 0 Å². The number of nitrogens with two attached hydrogens (primary N) is 1. The van der Waals surface area contributed by atoms with Crippen LogP contribution in [0.1, 0.15) is 24.9 Å². The molecule has 0 bridgehead atoms. The van der Waals surface area contributed by atoms with Gasteiger partial charge in [0, 0.05) is 24.7 Å². The minimum Gasteiger partial charge on any atom is -0.496 e. The monoisotopic (exact) mass is 218 g/mol. The molecule has 2 aromatic rings. The lowest BCUT2D eigenvalue weighted by Crippen LogP contribution is -2.08.